The van der Waals surface area contributed by atoms with Crippen molar-refractivity contribution in [2.45, 2.75) is 44.6 Å². The van der Waals surface area contributed by atoms with E-state index >= 15 is 0 Å². The molecule has 2 atom stereocenters. The van der Waals surface area contributed by atoms with Crippen LogP contribution in [0.25, 0.3) is 0 Å². The van der Waals surface area contributed by atoms with E-state index < -0.39 is 0 Å². The van der Waals surface area contributed by atoms with Crippen molar-refractivity contribution in [3.63, 3.8) is 0 Å². The van der Waals surface area contributed by atoms with Crippen molar-refractivity contribution < 1.29 is 14.3 Å². The maximum absolute atomic E-state index is 13.1. The average Bonchev–Trinajstić information content (AvgIpc) is 3.34. The van der Waals surface area contributed by atoms with Crippen LogP contribution in [0.1, 0.15) is 38.5 Å². The molecule has 3 saturated heterocycles. The molecule has 1 saturated carbocycles. The first kappa shape index (κ1) is 16.3. The highest BCUT2D eigenvalue weighted by Gasteiger charge is 2.59. The molecular weight excluding hydrogens is 306 g/mol. The van der Waals surface area contributed by atoms with Gasteiger partial charge in [0.25, 0.3) is 0 Å². The highest BCUT2D eigenvalue weighted by molar-refractivity contribution is 5.90. The topological polar surface area (TPSA) is 61.9 Å². The van der Waals surface area contributed by atoms with Gasteiger partial charge in [0.1, 0.15) is 6.04 Å². The summed E-state index contributed by atoms with van der Waals surface area (Å²) in [5.41, 5.74) is 0.242. The fraction of sp³-hybridized carbons (Fsp3) is 0.889. The van der Waals surface area contributed by atoms with Crippen molar-refractivity contribution in [3.05, 3.63) is 0 Å². The lowest BCUT2D eigenvalue weighted by atomic mass is 9.91. The van der Waals surface area contributed by atoms with Crippen molar-refractivity contribution in [1.29, 1.82) is 0 Å². The van der Waals surface area contributed by atoms with E-state index in [1.54, 1.807) is 0 Å². The number of nitrogens with one attached hydrogen (secondary N) is 1. The van der Waals surface area contributed by atoms with Crippen LogP contribution >= 0.6 is 0 Å². The van der Waals surface area contributed by atoms with Crippen LogP contribution in [0.4, 0.5) is 0 Å². The molecule has 2 unspecified atom stereocenters. The molecule has 6 heteroatoms. The van der Waals surface area contributed by atoms with E-state index in [1.807, 2.05) is 9.80 Å². The average molecular weight is 335 g/mol. The summed E-state index contributed by atoms with van der Waals surface area (Å²) >= 11 is 0. The number of carbonyl (C=O) groups is 2. The summed E-state index contributed by atoms with van der Waals surface area (Å²) in [5.74, 6) is 0.562. The minimum absolute atomic E-state index is 0.145. The largest absolute Gasteiger partial charge is 0.378 e. The van der Waals surface area contributed by atoms with E-state index in [-0.39, 0.29) is 29.2 Å². The minimum atomic E-state index is -0.233. The number of ether oxygens (including phenoxy) is 1. The standard InChI is InChI=1S/C18H29N3O3/c22-16(14-13-18(14)4-6-19-7-5-18)21-8-2-1-3-15(21)17(23)20-9-11-24-12-10-20/h14-15,19H,1-13H2. The first-order valence-corrected chi connectivity index (χ1v) is 9.59. The Bertz CT molecular complexity index is 498. The smallest absolute Gasteiger partial charge is 0.245 e. The number of likely N-dealkylation sites (tertiary alicyclic amines) is 1. The summed E-state index contributed by atoms with van der Waals surface area (Å²) in [6.07, 6.45) is 6.15. The second-order valence-electron chi connectivity index (χ2n) is 7.85. The second kappa shape index (κ2) is 6.64. The Labute approximate surface area is 143 Å². The lowest BCUT2D eigenvalue weighted by Gasteiger charge is -2.39. The number of piperidine rings is 2. The molecule has 1 spiro atoms. The number of rotatable bonds is 2. The molecule has 3 aliphatic heterocycles. The summed E-state index contributed by atoms with van der Waals surface area (Å²) in [6, 6.07) is -0.233. The Morgan fingerprint density at radius 1 is 1.00 bits per heavy atom. The van der Waals surface area contributed by atoms with E-state index in [4.69, 9.17) is 4.74 Å². The molecular formula is C18H29N3O3. The summed E-state index contributed by atoms with van der Waals surface area (Å²) in [7, 11) is 0. The number of morpholine rings is 1. The number of carbonyl (C=O) groups excluding carboxylic acids is 2. The van der Waals surface area contributed by atoms with Crippen LogP contribution in [0.15, 0.2) is 0 Å². The van der Waals surface area contributed by atoms with E-state index in [1.165, 1.54) is 0 Å². The summed E-state index contributed by atoms with van der Waals surface area (Å²) in [5, 5.41) is 3.39. The predicted molar refractivity (Wildman–Crippen MR) is 89.4 cm³/mol. The van der Waals surface area contributed by atoms with E-state index in [0.717, 1.165) is 58.2 Å². The van der Waals surface area contributed by atoms with Gasteiger partial charge in [-0.2, -0.15) is 0 Å². The molecule has 0 aromatic heterocycles. The Kier molecular flexibility index (Phi) is 4.52. The van der Waals surface area contributed by atoms with Crippen LogP contribution in [-0.4, -0.2) is 73.6 Å². The fourth-order valence-electron chi connectivity index (χ4n) is 4.82. The van der Waals surface area contributed by atoms with Gasteiger partial charge in [-0.1, -0.05) is 0 Å². The van der Waals surface area contributed by atoms with Crippen molar-refractivity contribution in [2.24, 2.45) is 11.3 Å². The van der Waals surface area contributed by atoms with Crippen molar-refractivity contribution in [1.82, 2.24) is 15.1 Å². The molecule has 3 heterocycles. The Morgan fingerprint density at radius 2 is 1.75 bits per heavy atom. The van der Waals surface area contributed by atoms with Crippen LogP contribution in [0, 0.1) is 11.3 Å². The lowest BCUT2D eigenvalue weighted by Crippen LogP contribution is -2.55. The number of hydrogen-bond acceptors (Lipinski definition) is 4. The van der Waals surface area contributed by atoms with Gasteiger partial charge in [0, 0.05) is 25.6 Å². The van der Waals surface area contributed by atoms with Gasteiger partial charge in [0.15, 0.2) is 0 Å². The van der Waals surface area contributed by atoms with Gasteiger partial charge in [-0.25, -0.2) is 0 Å². The number of hydrogen-bond donors (Lipinski definition) is 1. The van der Waals surface area contributed by atoms with E-state index in [2.05, 4.69) is 5.32 Å². The molecule has 0 aromatic carbocycles. The van der Waals surface area contributed by atoms with Crippen molar-refractivity contribution in [3.8, 4) is 0 Å². The monoisotopic (exact) mass is 335 g/mol. The normalized spacial score (nSPS) is 32.7. The fourth-order valence-corrected chi connectivity index (χ4v) is 4.82. The maximum atomic E-state index is 13.1. The van der Waals surface area contributed by atoms with Gasteiger partial charge in [-0.15, -0.1) is 0 Å². The summed E-state index contributed by atoms with van der Waals surface area (Å²) in [6.45, 7) is 5.37. The zero-order valence-corrected chi connectivity index (χ0v) is 14.5. The first-order valence-electron chi connectivity index (χ1n) is 9.59. The Morgan fingerprint density at radius 3 is 2.50 bits per heavy atom. The SMILES string of the molecule is O=C(C1CCCCN1C(=O)C1CC12CCNCC2)N1CCOCC1. The van der Waals surface area contributed by atoms with Gasteiger partial charge in [-0.05, 0) is 57.0 Å². The van der Waals surface area contributed by atoms with Gasteiger partial charge in [-0.3, -0.25) is 9.59 Å². The molecule has 4 aliphatic rings. The van der Waals surface area contributed by atoms with Gasteiger partial charge in [0.05, 0.1) is 13.2 Å². The van der Waals surface area contributed by atoms with E-state index in [9.17, 15) is 9.59 Å². The minimum Gasteiger partial charge on any atom is -0.378 e. The van der Waals surface area contributed by atoms with Crippen LogP contribution in [-0.2, 0) is 14.3 Å². The molecule has 2 amide bonds. The molecule has 4 fully saturated rings. The molecule has 4 rings (SSSR count). The third-order valence-corrected chi connectivity index (χ3v) is 6.48. The van der Waals surface area contributed by atoms with Gasteiger partial charge in [0.2, 0.25) is 11.8 Å². The highest BCUT2D eigenvalue weighted by atomic mass is 16.5. The van der Waals surface area contributed by atoms with Gasteiger partial charge < -0.3 is 19.9 Å². The number of amides is 2. The third-order valence-electron chi connectivity index (χ3n) is 6.48. The van der Waals surface area contributed by atoms with E-state index in [0.29, 0.717) is 26.3 Å². The Balaban J connectivity index is 1.44. The van der Waals surface area contributed by atoms with Crippen molar-refractivity contribution >= 4 is 11.8 Å². The zero-order valence-electron chi connectivity index (χ0n) is 14.5. The quantitative estimate of drug-likeness (QED) is 0.803. The molecule has 0 bridgehead atoms. The Hall–Kier alpha value is -1.14. The van der Waals surface area contributed by atoms with Crippen LogP contribution in [0.3, 0.4) is 0 Å². The number of nitrogens with zero attached hydrogens (tertiary/aromatic N) is 2. The molecule has 24 heavy (non-hydrogen) atoms. The van der Waals surface area contributed by atoms with Crippen LogP contribution < -0.4 is 5.32 Å². The predicted octanol–water partition coefficient (Wildman–Crippen LogP) is 0.616. The highest BCUT2D eigenvalue weighted by Crippen LogP contribution is 2.59. The molecule has 0 aromatic rings. The zero-order chi connectivity index (χ0) is 16.6. The van der Waals surface area contributed by atoms with Crippen LogP contribution in [0.5, 0.6) is 0 Å². The lowest BCUT2D eigenvalue weighted by molar-refractivity contribution is -0.151. The molecule has 134 valence electrons. The first-order chi connectivity index (χ1) is 11.7. The summed E-state index contributed by atoms with van der Waals surface area (Å²) in [4.78, 5) is 29.9. The van der Waals surface area contributed by atoms with Gasteiger partial charge >= 0.3 is 0 Å². The second-order valence-corrected chi connectivity index (χ2v) is 7.85. The maximum Gasteiger partial charge on any atom is 0.245 e. The molecule has 1 aliphatic carbocycles. The molecule has 1 N–H and O–H groups in total. The molecule has 0 radical (unpaired) electrons. The summed E-state index contributed by atoms with van der Waals surface area (Å²) < 4.78 is 5.35. The van der Waals surface area contributed by atoms with Crippen LogP contribution in [0.2, 0.25) is 0 Å². The molecule has 6 nitrogen and oxygen atoms in total. The van der Waals surface area contributed by atoms with Crippen molar-refractivity contribution in [2.75, 3.05) is 45.9 Å². The third kappa shape index (κ3) is 2.94.